The average Bonchev–Trinajstić information content (AvgIpc) is 3.04. The van der Waals surface area contributed by atoms with Crippen LogP contribution in [0.15, 0.2) is 0 Å². The molecule has 0 aromatic carbocycles. The molecule has 0 bridgehead atoms. The van der Waals surface area contributed by atoms with Crippen molar-refractivity contribution in [1.82, 2.24) is 0 Å². The Labute approximate surface area is 336 Å². The van der Waals surface area contributed by atoms with Crippen LogP contribution in [0, 0.1) is 63.4 Å². The summed E-state index contributed by atoms with van der Waals surface area (Å²) in [5, 5.41) is 43.0. The van der Waals surface area contributed by atoms with E-state index in [9.17, 15) is 39.6 Å². The van der Waals surface area contributed by atoms with Gasteiger partial charge in [0.2, 0.25) is 0 Å². The Morgan fingerprint density at radius 1 is 0.347 bits per heavy atom. The fourth-order valence-corrected chi connectivity index (χ4v) is 5.01. The third kappa shape index (κ3) is 27.6. The van der Waals surface area contributed by atoms with Crippen molar-refractivity contribution < 1.29 is 81.4 Å². The average molecular weight is 825 g/mol. The van der Waals surface area contributed by atoms with E-state index >= 15 is 0 Å². The Morgan fingerprint density at radius 3 is 0.735 bits per heavy atom. The Kier molecular flexibility index (Phi) is 38.9. The number of carboxylic acid groups (broad SMARTS) is 4. The zero-order valence-corrected chi connectivity index (χ0v) is 37.0. The van der Waals surface area contributed by atoms with Gasteiger partial charge in [-0.25, -0.2) is 0 Å². The van der Waals surface area contributed by atoms with Crippen LogP contribution in [0.1, 0.15) is 212 Å². The molecule has 8 nitrogen and oxygen atoms in total. The van der Waals surface area contributed by atoms with Crippen molar-refractivity contribution in [2.45, 2.75) is 212 Å². The Balaban J connectivity index is -0.000000174. The van der Waals surface area contributed by atoms with Crippen LogP contribution in [-0.2, 0) is 19.2 Å². The van der Waals surface area contributed by atoms with E-state index in [1.54, 1.807) is 27.7 Å². The first-order valence-corrected chi connectivity index (χ1v) is 19.1. The van der Waals surface area contributed by atoms with E-state index in [4.69, 9.17) is 0 Å². The predicted octanol–water partition coefficient (Wildman–Crippen LogP) is 6.93. The first-order valence-electron chi connectivity index (χ1n) is 19.1. The fourth-order valence-electron chi connectivity index (χ4n) is 5.01. The number of aliphatic carboxylic acids is 4. The second kappa shape index (κ2) is 33.1. The molecule has 0 spiro atoms. The molecular formula is C40H76CeO8. The number of unbranched alkanes of at least 4 members (excludes halogenated alkanes) is 7. The van der Waals surface area contributed by atoms with E-state index in [0.717, 1.165) is 109 Å². The molecule has 0 saturated carbocycles. The van der Waals surface area contributed by atoms with Gasteiger partial charge < -0.3 is 39.6 Å². The van der Waals surface area contributed by atoms with Gasteiger partial charge in [-0.15, -0.1) is 0 Å². The first kappa shape index (κ1) is 57.6. The molecule has 0 heterocycles. The summed E-state index contributed by atoms with van der Waals surface area (Å²) in [4.78, 5) is 43.0. The molecule has 0 radical (unpaired) electrons. The number of carbonyl (C=O) groups is 4. The number of carboxylic acids is 4. The Morgan fingerprint density at radius 2 is 0.571 bits per heavy atom. The topological polar surface area (TPSA) is 161 Å². The second-order valence-electron chi connectivity index (χ2n) is 14.7. The molecule has 0 aliphatic rings. The summed E-state index contributed by atoms with van der Waals surface area (Å²) in [6.07, 6.45) is 18.4. The van der Waals surface area contributed by atoms with Gasteiger partial charge in [-0.3, -0.25) is 0 Å². The molecule has 49 heavy (non-hydrogen) atoms. The molecule has 288 valence electrons. The quantitative estimate of drug-likeness (QED) is 0.0948. The Hall–Kier alpha value is -0.743. The summed E-state index contributed by atoms with van der Waals surface area (Å²) in [7, 11) is 0. The van der Waals surface area contributed by atoms with Crippen LogP contribution in [0.3, 0.4) is 0 Å². The Bertz CT molecular complexity index is 769. The van der Waals surface area contributed by atoms with Gasteiger partial charge in [0.15, 0.2) is 0 Å². The van der Waals surface area contributed by atoms with Gasteiger partial charge in [0.05, 0.1) is 0 Å². The molecule has 0 aliphatic carbocycles. The predicted molar refractivity (Wildman–Crippen MR) is 190 cm³/mol. The molecule has 0 aromatic heterocycles. The van der Waals surface area contributed by atoms with Gasteiger partial charge in [0.25, 0.3) is 0 Å². The van der Waals surface area contributed by atoms with E-state index in [2.05, 4.69) is 27.7 Å². The van der Waals surface area contributed by atoms with E-state index in [1.165, 1.54) is 0 Å². The van der Waals surface area contributed by atoms with Gasteiger partial charge >= 0.3 is 41.7 Å². The van der Waals surface area contributed by atoms with E-state index in [-0.39, 0.29) is 41.7 Å². The van der Waals surface area contributed by atoms with Crippen LogP contribution >= 0.6 is 0 Å². The van der Waals surface area contributed by atoms with Gasteiger partial charge in [-0.05, 0) is 51.4 Å². The summed E-state index contributed by atoms with van der Waals surface area (Å²) in [5.74, 6) is -3.60. The minimum absolute atomic E-state index is 0. The maximum Gasteiger partial charge on any atom is 4.00 e. The summed E-state index contributed by atoms with van der Waals surface area (Å²) < 4.78 is 0. The SMILES string of the molecule is CCCCC(C)(CCC)C(=O)[O-].CCCCCC(C)(CC)C(=O)[O-].CCCCCC(C)(CC)C(=O)[O-].CCCCCC(C)(CC)C(=O)[O-].[Ce+4]. The van der Waals surface area contributed by atoms with Crippen LogP contribution in [0.25, 0.3) is 0 Å². The van der Waals surface area contributed by atoms with Crippen LogP contribution in [0.5, 0.6) is 0 Å². The zero-order valence-electron chi connectivity index (χ0n) is 33.9. The molecular weight excluding hydrogens is 749 g/mol. The number of hydrogen-bond acceptors (Lipinski definition) is 8. The fraction of sp³-hybridized carbons (Fsp3) is 0.900. The number of rotatable bonds is 24. The standard InChI is InChI=1S/4C10H20O2.Ce/c3*1-4-6-7-8-10(3,5-2)9(11)12;1-4-6-8-10(3,7-5-2)9(11)12;/h4*4-8H2,1-3H3,(H,11,12);/q;;;;+4/p-4. The third-order valence-corrected chi connectivity index (χ3v) is 10.2. The molecule has 0 saturated heterocycles. The van der Waals surface area contributed by atoms with E-state index in [0.29, 0.717) is 19.3 Å². The first-order chi connectivity index (χ1) is 22.3. The maximum atomic E-state index is 10.8. The number of carbonyl (C=O) groups excluding carboxylic acids is 4. The monoisotopic (exact) mass is 824 g/mol. The molecule has 9 heteroatoms. The van der Waals surface area contributed by atoms with Crippen LogP contribution in [-0.4, -0.2) is 23.9 Å². The van der Waals surface area contributed by atoms with Gasteiger partial charge in [-0.2, -0.15) is 0 Å². The second-order valence-corrected chi connectivity index (χ2v) is 14.7. The molecule has 0 rings (SSSR count). The van der Waals surface area contributed by atoms with Gasteiger partial charge in [0, 0.05) is 45.5 Å². The number of hydrogen-bond donors (Lipinski definition) is 0. The van der Waals surface area contributed by atoms with E-state index < -0.39 is 45.5 Å². The molecule has 0 fully saturated rings. The van der Waals surface area contributed by atoms with Crippen LogP contribution in [0.2, 0.25) is 0 Å². The van der Waals surface area contributed by atoms with E-state index in [1.807, 2.05) is 27.7 Å². The molecule has 0 N–H and O–H groups in total. The van der Waals surface area contributed by atoms with Gasteiger partial charge in [0.1, 0.15) is 0 Å². The summed E-state index contributed by atoms with van der Waals surface area (Å²) in [6, 6.07) is 0. The van der Waals surface area contributed by atoms with Crippen molar-refractivity contribution in [3.63, 3.8) is 0 Å². The molecule has 4 atom stereocenters. The third-order valence-electron chi connectivity index (χ3n) is 10.2. The van der Waals surface area contributed by atoms with Crippen molar-refractivity contribution in [1.29, 1.82) is 0 Å². The van der Waals surface area contributed by atoms with Gasteiger partial charge in [-0.1, -0.05) is 160 Å². The minimum atomic E-state index is -0.902. The van der Waals surface area contributed by atoms with Crippen molar-refractivity contribution >= 4 is 23.9 Å². The van der Waals surface area contributed by atoms with Crippen LogP contribution < -0.4 is 20.4 Å². The molecule has 4 unspecified atom stereocenters. The zero-order chi connectivity index (χ0) is 38.5. The van der Waals surface area contributed by atoms with Crippen molar-refractivity contribution in [2.24, 2.45) is 21.7 Å². The molecule has 0 aliphatic heterocycles. The van der Waals surface area contributed by atoms with Crippen molar-refractivity contribution in [2.75, 3.05) is 0 Å². The summed E-state index contributed by atoms with van der Waals surface area (Å²) in [6.45, 7) is 23.3. The smallest absolute Gasteiger partial charge is 0.550 e. The van der Waals surface area contributed by atoms with Crippen molar-refractivity contribution in [3.05, 3.63) is 0 Å². The summed E-state index contributed by atoms with van der Waals surface area (Å²) in [5.41, 5.74) is -2.40. The van der Waals surface area contributed by atoms with Crippen LogP contribution in [0.4, 0.5) is 0 Å². The maximum absolute atomic E-state index is 10.8. The normalized spacial score (nSPS) is 15.3. The molecule has 0 aromatic rings. The summed E-state index contributed by atoms with van der Waals surface area (Å²) >= 11 is 0. The largest absolute Gasteiger partial charge is 4.00 e. The van der Waals surface area contributed by atoms with Crippen molar-refractivity contribution in [3.8, 4) is 0 Å². The molecule has 0 amide bonds. The minimum Gasteiger partial charge on any atom is -0.550 e.